The number of phenolic OH excluding ortho intramolecular Hbond substituents is 2. The number of hydrogen-bond acceptors (Lipinski definition) is 7. The van der Waals surface area contributed by atoms with Crippen molar-refractivity contribution in [1.82, 2.24) is 0 Å². The van der Waals surface area contributed by atoms with Crippen molar-refractivity contribution < 1.29 is 34.1 Å². The Labute approximate surface area is 195 Å². The van der Waals surface area contributed by atoms with Gasteiger partial charge in [0.15, 0.2) is 11.9 Å². The summed E-state index contributed by atoms with van der Waals surface area (Å²) in [5, 5.41) is 20.4. The summed E-state index contributed by atoms with van der Waals surface area (Å²) >= 11 is 0. The van der Waals surface area contributed by atoms with Gasteiger partial charge in [0.05, 0.1) is 13.5 Å². The summed E-state index contributed by atoms with van der Waals surface area (Å²) < 4.78 is 9.79. The molecule has 0 saturated heterocycles. The van der Waals surface area contributed by atoms with E-state index in [0.717, 1.165) is 11.1 Å². The van der Waals surface area contributed by atoms with Crippen molar-refractivity contribution in [2.75, 3.05) is 7.11 Å². The number of ketones is 1. The van der Waals surface area contributed by atoms with E-state index in [1.54, 1.807) is 20.8 Å². The van der Waals surface area contributed by atoms with Gasteiger partial charge < -0.3 is 19.7 Å². The molecule has 1 unspecified atom stereocenters. The molecule has 180 valence electrons. The highest BCUT2D eigenvalue weighted by Gasteiger charge is 2.21. The molecular formula is C26H34O7. The van der Waals surface area contributed by atoms with Crippen molar-refractivity contribution in [2.24, 2.45) is 0 Å². The van der Waals surface area contributed by atoms with Gasteiger partial charge in [0.2, 0.25) is 0 Å². The second kappa shape index (κ2) is 13.3. The number of rotatable bonds is 11. The lowest BCUT2D eigenvalue weighted by Crippen LogP contribution is -2.26. The van der Waals surface area contributed by atoms with E-state index >= 15 is 0 Å². The number of allylic oxidation sites excluding steroid dienone is 4. The summed E-state index contributed by atoms with van der Waals surface area (Å²) in [5.41, 5.74) is 3.39. The predicted molar refractivity (Wildman–Crippen MR) is 126 cm³/mol. The van der Waals surface area contributed by atoms with Crippen molar-refractivity contribution in [3.8, 4) is 11.5 Å². The van der Waals surface area contributed by atoms with Gasteiger partial charge in [-0.1, -0.05) is 23.3 Å². The number of phenols is 2. The van der Waals surface area contributed by atoms with Crippen molar-refractivity contribution in [3.05, 3.63) is 58.2 Å². The van der Waals surface area contributed by atoms with Crippen molar-refractivity contribution in [3.63, 3.8) is 0 Å². The Morgan fingerprint density at radius 1 is 0.970 bits per heavy atom. The smallest absolute Gasteiger partial charge is 0.310 e. The highest BCUT2D eigenvalue weighted by atomic mass is 16.5. The maximum absolute atomic E-state index is 12.4. The lowest BCUT2D eigenvalue weighted by Gasteiger charge is -2.15. The molecule has 0 aliphatic rings. The molecule has 0 aromatic heterocycles. The molecule has 0 aliphatic carbocycles. The van der Waals surface area contributed by atoms with E-state index < -0.39 is 18.0 Å². The Morgan fingerprint density at radius 3 is 2.15 bits per heavy atom. The fraction of sp³-hybridized carbons (Fsp3) is 0.423. The van der Waals surface area contributed by atoms with Crippen molar-refractivity contribution >= 4 is 17.7 Å². The minimum absolute atomic E-state index is 0.00602. The zero-order valence-corrected chi connectivity index (χ0v) is 20.2. The van der Waals surface area contributed by atoms with E-state index in [1.807, 2.05) is 19.1 Å². The zero-order valence-electron chi connectivity index (χ0n) is 20.2. The van der Waals surface area contributed by atoms with E-state index in [-0.39, 0.29) is 23.7 Å². The molecule has 33 heavy (non-hydrogen) atoms. The maximum atomic E-state index is 12.4. The van der Waals surface area contributed by atoms with E-state index in [9.17, 15) is 24.6 Å². The SMILES string of the molecule is COC(=O)Cc1cc(O)c(CC=C(C)CCC=C(C)C(OC(C)=O)C(=O)C=C(C)C)cc1O. The number of benzene rings is 1. The molecule has 1 aromatic carbocycles. The van der Waals surface area contributed by atoms with Crippen LogP contribution in [0.25, 0.3) is 0 Å². The first kappa shape index (κ1) is 27.7. The number of carbonyl (C=O) groups is 3. The first-order valence-corrected chi connectivity index (χ1v) is 10.7. The van der Waals surface area contributed by atoms with E-state index in [2.05, 4.69) is 4.74 Å². The lowest BCUT2D eigenvalue weighted by atomic mass is 10.0. The molecule has 0 spiro atoms. The highest BCUT2D eigenvalue weighted by Crippen LogP contribution is 2.29. The summed E-state index contributed by atoms with van der Waals surface area (Å²) in [6.07, 6.45) is 5.99. The first-order chi connectivity index (χ1) is 15.4. The van der Waals surface area contributed by atoms with E-state index in [0.29, 0.717) is 36.0 Å². The molecule has 7 heteroatoms. The fourth-order valence-electron chi connectivity index (χ4n) is 3.12. The van der Waals surface area contributed by atoms with Crippen LogP contribution in [0, 0.1) is 0 Å². The van der Waals surface area contributed by atoms with Crippen LogP contribution in [0.2, 0.25) is 0 Å². The fourth-order valence-corrected chi connectivity index (χ4v) is 3.12. The zero-order chi connectivity index (χ0) is 25.1. The Bertz CT molecular complexity index is 963. The van der Waals surface area contributed by atoms with Crippen LogP contribution in [0.3, 0.4) is 0 Å². The Kier molecular flexibility index (Phi) is 11.1. The summed E-state index contributed by atoms with van der Waals surface area (Å²) in [6.45, 7) is 8.60. The molecule has 0 amide bonds. The van der Waals surface area contributed by atoms with Crippen LogP contribution in [0.15, 0.2) is 47.1 Å². The van der Waals surface area contributed by atoms with Gasteiger partial charge in [-0.2, -0.15) is 0 Å². The molecule has 1 rings (SSSR count). The van der Waals surface area contributed by atoms with Crippen LogP contribution < -0.4 is 0 Å². The highest BCUT2D eigenvalue weighted by molar-refractivity contribution is 5.97. The van der Waals surface area contributed by atoms with Crippen LogP contribution in [0.5, 0.6) is 11.5 Å². The second-order valence-corrected chi connectivity index (χ2v) is 8.22. The van der Waals surface area contributed by atoms with Gasteiger partial charge in [-0.3, -0.25) is 14.4 Å². The Morgan fingerprint density at radius 2 is 1.58 bits per heavy atom. The van der Waals surface area contributed by atoms with Gasteiger partial charge in [0.25, 0.3) is 0 Å². The van der Waals surface area contributed by atoms with E-state index in [1.165, 1.54) is 32.2 Å². The molecule has 0 aliphatic heterocycles. The molecule has 0 fully saturated rings. The molecule has 0 bridgehead atoms. The molecule has 1 atom stereocenters. The number of carbonyl (C=O) groups excluding carboxylic acids is 3. The van der Waals surface area contributed by atoms with Crippen LogP contribution in [0.1, 0.15) is 58.6 Å². The van der Waals surface area contributed by atoms with E-state index in [4.69, 9.17) is 4.74 Å². The molecule has 7 nitrogen and oxygen atoms in total. The first-order valence-electron chi connectivity index (χ1n) is 10.7. The van der Waals surface area contributed by atoms with Gasteiger partial charge in [-0.15, -0.1) is 0 Å². The van der Waals surface area contributed by atoms with Crippen molar-refractivity contribution in [2.45, 2.75) is 66.4 Å². The lowest BCUT2D eigenvalue weighted by molar-refractivity contribution is -0.149. The molecule has 1 aromatic rings. The van der Waals surface area contributed by atoms with Crippen LogP contribution in [0.4, 0.5) is 0 Å². The van der Waals surface area contributed by atoms with Crippen LogP contribution >= 0.6 is 0 Å². The largest absolute Gasteiger partial charge is 0.508 e. The number of esters is 2. The van der Waals surface area contributed by atoms with Gasteiger partial charge in [0.1, 0.15) is 11.5 Å². The predicted octanol–water partition coefficient (Wildman–Crippen LogP) is 4.50. The molecule has 2 N–H and O–H groups in total. The summed E-state index contributed by atoms with van der Waals surface area (Å²) in [4.78, 5) is 35.2. The van der Waals surface area contributed by atoms with Crippen LogP contribution in [-0.4, -0.2) is 41.1 Å². The molecule has 0 heterocycles. The topological polar surface area (TPSA) is 110 Å². The average Bonchev–Trinajstić information content (AvgIpc) is 2.72. The Balaban J connectivity index is 2.81. The number of aromatic hydroxyl groups is 2. The number of methoxy groups -OCH3 is 1. The third-order valence-electron chi connectivity index (χ3n) is 4.90. The monoisotopic (exact) mass is 458 g/mol. The number of ether oxygens (including phenoxy) is 2. The quantitative estimate of drug-likeness (QED) is 0.217. The number of hydrogen-bond donors (Lipinski definition) is 2. The molecule has 0 radical (unpaired) electrons. The minimum Gasteiger partial charge on any atom is -0.508 e. The van der Waals surface area contributed by atoms with Crippen LogP contribution in [-0.2, 0) is 36.7 Å². The van der Waals surface area contributed by atoms with Gasteiger partial charge >= 0.3 is 11.9 Å². The van der Waals surface area contributed by atoms with Crippen molar-refractivity contribution in [1.29, 1.82) is 0 Å². The second-order valence-electron chi connectivity index (χ2n) is 8.22. The van der Waals surface area contributed by atoms with Gasteiger partial charge in [-0.25, -0.2) is 0 Å². The minimum atomic E-state index is -0.926. The normalized spacial score (nSPS) is 12.7. The standard InChI is InChI=1S/C26H34O7/c1-16(2)12-24(30)26(33-19(5)27)18(4)9-7-8-17(3)10-11-20-13-23(29)21(14-22(20)28)15-25(31)32-6/h9-10,12-14,26,28-29H,7-8,11,15H2,1-6H3. The third-order valence-corrected chi connectivity index (χ3v) is 4.90. The summed E-state index contributed by atoms with van der Waals surface area (Å²) in [6, 6.07) is 2.81. The molecule has 0 saturated carbocycles. The van der Waals surface area contributed by atoms with Gasteiger partial charge in [-0.05, 0) is 70.7 Å². The Hall–Kier alpha value is -3.35. The average molecular weight is 459 g/mol. The maximum Gasteiger partial charge on any atom is 0.310 e. The molecular weight excluding hydrogens is 424 g/mol. The summed E-state index contributed by atoms with van der Waals surface area (Å²) in [7, 11) is 1.26. The summed E-state index contributed by atoms with van der Waals surface area (Å²) in [5.74, 6) is -1.36. The van der Waals surface area contributed by atoms with Gasteiger partial charge in [0, 0.05) is 18.1 Å². The third kappa shape index (κ3) is 9.76.